The molecule has 0 saturated heterocycles. The molecule has 2 aromatic rings. The van der Waals surface area contributed by atoms with Crippen LogP contribution in [0.2, 0.25) is 0 Å². The normalized spacial score (nSPS) is 17.2. The summed E-state index contributed by atoms with van der Waals surface area (Å²) in [5.41, 5.74) is 1.34. The SMILES string of the molecule is CNCC1(C(=O)c2coc3ccccc23)CC1. The molecule has 0 radical (unpaired) electrons. The third-order valence-electron chi connectivity index (χ3n) is 3.58. The maximum absolute atomic E-state index is 12.5. The van der Waals surface area contributed by atoms with Gasteiger partial charge in [-0.2, -0.15) is 0 Å². The first-order chi connectivity index (χ1) is 8.27. The van der Waals surface area contributed by atoms with E-state index in [-0.39, 0.29) is 11.2 Å². The molecule has 1 N–H and O–H groups in total. The largest absolute Gasteiger partial charge is 0.464 e. The molecule has 1 aliphatic carbocycles. The summed E-state index contributed by atoms with van der Waals surface area (Å²) in [5, 5.41) is 4.04. The molecule has 0 atom stereocenters. The fourth-order valence-corrected chi connectivity index (χ4v) is 2.41. The zero-order chi connectivity index (χ0) is 11.9. The van der Waals surface area contributed by atoms with E-state index >= 15 is 0 Å². The van der Waals surface area contributed by atoms with E-state index in [1.807, 2.05) is 31.3 Å². The summed E-state index contributed by atoms with van der Waals surface area (Å²) in [6.45, 7) is 0.755. The summed E-state index contributed by atoms with van der Waals surface area (Å²) in [5.74, 6) is 0.219. The molecule has 0 spiro atoms. The molecule has 0 bridgehead atoms. The number of nitrogens with one attached hydrogen (secondary N) is 1. The number of ketones is 1. The Morgan fingerprint density at radius 1 is 1.41 bits per heavy atom. The molecule has 3 rings (SSSR count). The molecular weight excluding hydrogens is 214 g/mol. The Kier molecular flexibility index (Phi) is 2.30. The van der Waals surface area contributed by atoms with E-state index in [1.165, 1.54) is 0 Å². The van der Waals surface area contributed by atoms with Crippen LogP contribution in [-0.2, 0) is 0 Å². The van der Waals surface area contributed by atoms with Gasteiger partial charge in [-0.15, -0.1) is 0 Å². The average molecular weight is 229 g/mol. The van der Waals surface area contributed by atoms with Gasteiger partial charge in [0.1, 0.15) is 11.8 Å². The van der Waals surface area contributed by atoms with Crippen LogP contribution >= 0.6 is 0 Å². The second-order valence-corrected chi connectivity index (χ2v) is 4.79. The van der Waals surface area contributed by atoms with Crippen LogP contribution in [0.25, 0.3) is 11.0 Å². The molecule has 1 aliphatic rings. The Labute approximate surface area is 99.8 Å². The van der Waals surface area contributed by atoms with E-state index in [4.69, 9.17) is 4.42 Å². The summed E-state index contributed by atoms with van der Waals surface area (Å²) in [6, 6.07) is 7.69. The Morgan fingerprint density at radius 2 is 2.18 bits per heavy atom. The summed E-state index contributed by atoms with van der Waals surface area (Å²) < 4.78 is 5.43. The number of carbonyl (C=O) groups is 1. The molecule has 1 heterocycles. The van der Waals surface area contributed by atoms with Crippen LogP contribution in [0.3, 0.4) is 0 Å². The zero-order valence-corrected chi connectivity index (χ0v) is 9.82. The van der Waals surface area contributed by atoms with E-state index < -0.39 is 0 Å². The van der Waals surface area contributed by atoms with Crippen LogP contribution in [0.1, 0.15) is 23.2 Å². The van der Waals surface area contributed by atoms with Gasteiger partial charge in [-0.1, -0.05) is 18.2 Å². The Bertz CT molecular complexity index is 566. The molecule has 17 heavy (non-hydrogen) atoms. The molecule has 1 aromatic carbocycles. The lowest BCUT2D eigenvalue weighted by Gasteiger charge is -2.11. The summed E-state index contributed by atoms with van der Waals surface area (Å²) >= 11 is 0. The summed E-state index contributed by atoms with van der Waals surface area (Å²) in [7, 11) is 1.89. The van der Waals surface area contributed by atoms with Crippen molar-refractivity contribution in [1.82, 2.24) is 5.32 Å². The molecule has 1 fully saturated rings. The number of hydrogen-bond donors (Lipinski definition) is 1. The standard InChI is InChI=1S/C14H15NO2/c1-15-9-14(6-7-14)13(16)11-8-17-12-5-3-2-4-10(11)12/h2-5,8,15H,6-7,9H2,1H3. The van der Waals surface area contributed by atoms with E-state index in [9.17, 15) is 4.79 Å². The van der Waals surface area contributed by atoms with Gasteiger partial charge in [0.2, 0.25) is 0 Å². The van der Waals surface area contributed by atoms with Crippen molar-refractivity contribution in [3.63, 3.8) is 0 Å². The average Bonchev–Trinajstić information content (AvgIpc) is 3.01. The highest BCUT2D eigenvalue weighted by Gasteiger charge is 2.49. The fraction of sp³-hybridized carbons (Fsp3) is 0.357. The predicted molar refractivity (Wildman–Crippen MR) is 66.1 cm³/mol. The Morgan fingerprint density at radius 3 is 2.88 bits per heavy atom. The Balaban J connectivity index is 2.02. The van der Waals surface area contributed by atoms with Crippen LogP contribution < -0.4 is 5.32 Å². The Hall–Kier alpha value is -1.61. The number of hydrogen-bond acceptors (Lipinski definition) is 3. The molecule has 0 unspecified atom stereocenters. The molecule has 0 aliphatic heterocycles. The number of Topliss-reactive ketones (excluding diaryl/α,β-unsaturated/α-hetero) is 1. The monoisotopic (exact) mass is 229 g/mol. The molecule has 3 nitrogen and oxygen atoms in total. The van der Waals surface area contributed by atoms with Crippen molar-refractivity contribution in [2.75, 3.05) is 13.6 Å². The number of fused-ring (bicyclic) bond motifs is 1. The minimum atomic E-state index is -0.179. The van der Waals surface area contributed by atoms with Crippen LogP contribution in [-0.4, -0.2) is 19.4 Å². The van der Waals surface area contributed by atoms with Crippen molar-refractivity contribution >= 4 is 16.8 Å². The van der Waals surface area contributed by atoms with Crippen LogP contribution in [0.15, 0.2) is 34.9 Å². The highest BCUT2D eigenvalue weighted by Crippen LogP contribution is 2.48. The molecule has 88 valence electrons. The lowest BCUT2D eigenvalue weighted by Crippen LogP contribution is -2.27. The highest BCUT2D eigenvalue weighted by atomic mass is 16.3. The van der Waals surface area contributed by atoms with Gasteiger partial charge in [0, 0.05) is 17.3 Å². The predicted octanol–water partition coefficient (Wildman–Crippen LogP) is 2.62. The zero-order valence-electron chi connectivity index (χ0n) is 9.82. The topological polar surface area (TPSA) is 42.2 Å². The highest BCUT2D eigenvalue weighted by molar-refractivity contribution is 6.11. The van der Waals surface area contributed by atoms with Gasteiger partial charge < -0.3 is 9.73 Å². The van der Waals surface area contributed by atoms with E-state index in [0.717, 1.165) is 35.9 Å². The quantitative estimate of drug-likeness (QED) is 0.819. The van der Waals surface area contributed by atoms with E-state index in [0.29, 0.717) is 0 Å². The molecule has 1 saturated carbocycles. The molecule has 1 aromatic heterocycles. The number of benzene rings is 1. The lowest BCUT2D eigenvalue weighted by atomic mass is 9.94. The third-order valence-corrected chi connectivity index (χ3v) is 3.58. The summed E-state index contributed by atoms with van der Waals surface area (Å²) in [4.78, 5) is 12.5. The van der Waals surface area contributed by atoms with Gasteiger partial charge in [0.05, 0.1) is 5.56 Å². The van der Waals surface area contributed by atoms with Crippen LogP contribution in [0.5, 0.6) is 0 Å². The van der Waals surface area contributed by atoms with Gasteiger partial charge in [-0.3, -0.25) is 4.79 Å². The number of carbonyl (C=O) groups excluding carboxylic acids is 1. The van der Waals surface area contributed by atoms with Crippen molar-refractivity contribution < 1.29 is 9.21 Å². The van der Waals surface area contributed by atoms with Gasteiger partial charge in [-0.25, -0.2) is 0 Å². The van der Waals surface area contributed by atoms with Crippen LogP contribution in [0, 0.1) is 5.41 Å². The minimum absolute atomic E-state index is 0.179. The van der Waals surface area contributed by atoms with Crippen LogP contribution in [0.4, 0.5) is 0 Å². The fourth-order valence-electron chi connectivity index (χ4n) is 2.41. The van der Waals surface area contributed by atoms with Crippen molar-refractivity contribution in [3.05, 3.63) is 36.1 Å². The van der Waals surface area contributed by atoms with Crippen molar-refractivity contribution in [3.8, 4) is 0 Å². The number of rotatable bonds is 4. The van der Waals surface area contributed by atoms with Crippen molar-refractivity contribution in [1.29, 1.82) is 0 Å². The maximum atomic E-state index is 12.5. The lowest BCUT2D eigenvalue weighted by molar-refractivity contribution is 0.0901. The first-order valence-electron chi connectivity index (χ1n) is 5.92. The molecular formula is C14H15NO2. The van der Waals surface area contributed by atoms with Crippen molar-refractivity contribution in [2.45, 2.75) is 12.8 Å². The second kappa shape index (κ2) is 3.70. The molecule has 3 heteroatoms. The smallest absolute Gasteiger partial charge is 0.174 e. The second-order valence-electron chi connectivity index (χ2n) is 4.79. The van der Waals surface area contributed by atoms with E-state index in [1.54, 1.807) is 6.26 Å². The van der Waals surface area contributed by atoms with E-state index in [2.05, 4.69) is 5.32 Å². The van der Waals surface area contributed by atoms with Crippen molar-refractivity contribution in [2.24, 2.45) is 5.41 Å². The third kappa shape index (κ3) is 1.58. The number of para-hydroxylation sites is 1. The summed E-state index contributed by atoms with van der Waals surface area (Å²) in [6.07, 6.45) is 3.56. The van der Waals surface area contributed by atoms with Gasteiger partial charge in [-0.05, 0) is 26.0 Å². The number of furan rings is 1. The maximum Gasteiger partial charge on any atom is 0.174 e. The van der Waals surface area contributed by atoms with Gasteiger partial charge in [0.15, 0.2) is 5.78 Å². The minimum Gasteiger partial charge on any atom is -0.464 e. The molecule has 0 amide bonds. The first-order valence-corrected chi connectivity index (χ1v) is 5.92. The first kappa shape index (κ1) is 10.5. The van der Waals surface area contributed by atoms with Gasteiger partial charge >= 0.3 is 0 Å². The van der Waals surface area contributed by atoms with Gasteiger partial charge in [0.25, 0.3) is 0 Å².